The molecule has 168 valence electrons. The summed E-state index contributed by atoms with van der Waals surface area (Å²) in [6.45, 7) is 1.27. The first kappa shape index (κ1) is 21.5. The third-order valence-electron chi connectivity index (χ3n) is 5.68. The molecule has 1 saturated heterocycles. The third-order valence-corrected chi connectivity index (χ3v) is 6.81. The maximum absolute atomic E-state index is 13.5. The van der Waals surface area contributed by atoms with Crippen LogP contribution in [-0.4, -0.2) is 40.0 Å². The molecule has 0 spiro atoms. The molecule has 0 unspecified atom stereocenters. The van der Waals surface area contributed by atoms with Crippen LogP contribution >= 0.6 is 11.3 Å². The lowest BCUT2D eigenvalue weighted by molar-refractivity contribution is 0.0505. The number of H-pyrrole nitrogens is 1. The summed E-state index contributed by atoms with van der Waals surface area (Å²) >= 11 is 1.36. The number of aromatic amines is 1. The van der Waals surface area contributed by atoms with Crippen LogP contribution in [0.15, 0.2) is 65.5 Å². The Hall–Kier alpha value is -3.36. The Morgan fingerprint density at radius 3 is 2.76 bits per heavy atom. The first-order valence-electron chi connectivity index (χ1n) is 10.8. The lowest BCUT2D eigenvalue weighted by Crippen LogP contribution is -2.37. The van der Waals surface area contributed by atoms with Gasteiger partial charge in [-0.05, 0) is 54.8 Å². The molecular weight excluding hydrogens is 441 g/mol. The fourth-order valence-corrected chi connectivity index (χ4v) is 5.00. The first-order chi connectivity index (χ1) is 16.1. The number of halogens is 1. The minimum Gasteiger partial charge on any atom is -0.376 e. The number of hydrogen-bond donors (Lipinski definition) is 1. The summed E-state index contributed by atoms with van der Waals surface area (Å²) in [4.78, 5) is 36.5. The van der Waals surface area contributed by atoms with Crippen LogP contribution in [-0.2, 0) is 11.3 Å². The number of fused-ring (bicyclic) bond motifs is 1. The zero-order valence-corrected chi connectivity index (χ0v) is 18.6. The highest BCUT2D eigenvalue weighted by molar-refractivity contribution is 7.17. The molecule has 1 amide bonds. The average molecular weight is 464 g/mol. The van der Waals surface area contributed by atoms with Gasteiger partial charge < -0.3 is 14.6 Å². The number of hydrogen-bond acceptors (Lipinski definition) is 5. The molecule has 1 atom stereocenters. The van der Waals surface area contributed by atoms with Gasteiger partial charge in [-0.25, -0.2) is 9.37 Å². The van der Waals surface area contributed by atoms with Crippen molar-refractivity contribution >= 4 is 28.1 Å². The highest BCUT2D eigenvalue weighted by Gasteiger charge is 2.25. The van der Waals surface area contributed by atoms with E-state index in [0.717, 1.165) is 23.3 Å². The van der Waals surface area contributed by atoms with E-state index in [1.807, 2.05) is 12.1 Å². The van der Waals surface area contributed by atoms with Gasteiger partial charge in [0.25, 0.3) is 11.5 Å². The molecule has 1 N–H and O–H groups in total. The lowest BCUT2D eigenvalue weighted by atomic mass is 10.2. The van der Waals surface area contributed by atoms with Crippen molar-refractivity contribution in [1.82, 2.24) is 14.9 Å². The van der Waals surface area contributed by atoms with Crippen LogP contribution in [0.5, 0.6) is 0 Å². The van der Waals surface area contributed by atoms with Crippen LogP contribution < -0.4 is 5.56 Å². The number of carbonyl (C=O) groups excluding carboxylic acids is 1. The van der Waals surface area contributed by atoms with Crippen molar-refractivity contribution in [1.29, 1.82) is 0 Å². The topological polar surface area (TPSA) is 75.3 Å². The lowest BCUT2D eigenvalue weighted by Gasteiger charge is -2.24. The van der Waals surface area contributed by atoms with Gasteiger partial charge in [0.2, 0.25) is 0 Å². The molecule has 3 heterocycles. The molecule has 0 bridgehead atoms. The fraction of sp³-hybridized carbons (Fsp3) is 0.240. The van der Waals surface area contributed by atoms with Gasteiger partial charge in [0.05, 0.1) is 28.4 Å². The summed E-state index contributed by atoms with van der Waals surface area (Å²) in [5, 5.41) is 0.514. The standard InChI is InChI=1S/C25H22FN3O3S/c26-17-9-7-16(8-10-17)21-11-12-22(33-21)25(31)29(14-18-4-3-13-32-18)15-23-27-20-6-2-1-5-19(20)24(30)28-23/h1-2,5-12,18H,3-4,13-15H2,(H,27,28,30)/t18-/m0/s1. The molecule has 0 radical (unpaired) electrons. The molecule has 4 aromatic rings. The number of thiophene rings is 1. The number of amides is 1. The van der Waals surface area contributed by atoms with E-state index < -0.39 is 0 Å². The molecule has 2 aromatic heterocycles. The van der Waals surface area contributed by atoms with Crippen LogP contribution in [0.3, 0.4) is 0 Å². The highest BCUT2D eigenvalue weighted by atomic mass is 32.1. The quantitative estimate of drug-likeness (QED) is 0.453. The Labute approximate surface area is 193 Å². The summed E-state index contributed by atoms with van der Waals surface area (Å²) in [7, 11) is 0. The number of ether oxygens (including phenoxy) is 1. The Morgan fingerprint density at radius 2 is 1.97 bits per heavy atom. The van der Waals surface area contributed by atoms with Crippen LogP contribution in [0.4, 0.5) is 4.39 Å². The first-order valence-corrected chi connectivity index (χ1v) is 11.6. The zero-order chi connectivity index (χ0) is 22.8. The van der Waals surface area contributed by atoms with Crippen molar-refractivity contribution in [2.75, 3.05) is 13.2 Å². The molecular formula is C25H22FN3O3S. The van der Waals surface area contributed by atoms with E-state index >= 15 is 0 Å². The largest absolute Gasteiger partial charge is 0.376 e. The number of nitrogens with zero attached hydrogens (tertiary/aromatic N) is 2. The van der Waals surface area contributed by atoms with E-state index in [9.17, 15) is 14.0 Å². The number of para-hydroxylation sites is 1. The van der Waals surface area contributed by atoms with Crippen molar-refractivity contribution in [2.45, 2.75) is 25.5 Å². The molecule has 1 aliphatic rings. The smallest absolute Gasteiger partial charge is 0.264 e. The van der Waals surface area contributed by atoms with Gasteiger partial charge in [-0.1, -0.05) is 24.3 Å². The van der Waals surface area contributed by atoms with Crippen molar-refractivity contribution in [3.05, 3.63) is 87.5 Å². The number of nitrogens with one attached hydrogen (secondary N) is 1. The highest BCUT2D eigenvalue weighted by Crippen LogP contribution is 2.29. The van der Waals surface area contributed by atoms with Gasteiger partial charge in [-0.15, -0.1) is 11.3 Å². The van der Waals surface area contributed by atoms with Crippen LogP contribution in [0.1, 0.15) is 28.3 Å². The predicted octanol–water partition coefficient (Wildman–Crippen LogP) is 4.61. The summed E-state index contributed by atoms with van der Waals surface area (Å²) in [6, 6.07) is 17.0. The molecule has 2 aromatic carbocycles. The molecule has 1 fully saturated rings. The minimum absolute atomic E-state index is 0.0438. The summed E-state index contributed by atoms with van der Waals surface area (Å²) in [5.74, 6) is -0.0220. The minimum atomic E-state index is -0.300. The van der Waals surface area contributed by atoms with Gasteiger partial charge in [0.15, 0.2) is 0 Å². The molecule has 0 aliphatic carbocycles. The number of aromatic nitrogens is 2. The third kappa shape index (κ3) is 4.72. The molecule has 6 nitrogen and oxygen atoms in total. The van der Waals surface area contributed by atoms with Gasteiger partial charge in [0, 0.05) is 18.0 Å². The fourth-order valence-electron chi connectivity index (χ4n) is 4.02. The zero-order valence-electron chi connectivity index (χ0n) is 17.8. The van der Waals surface area contributed by atoms with Gasteiger partial charge in [0.1, 0.15) is 11.6 Å². The second-order valence-corrected chi connectivity index (χ2v) is 9.11. The molecule has 8 heteroatoms. The number of benzene rings is 2. The van der Waals surface area contributed by atoms with Crippen molar-refractivity contribution in [3.63, 3.8) is 0 Å². The van der Waals surface area contributed by atoms with Crippen LogP contribution in [0, 0.1) is 5.82 Å². The van der Waals surface area contributed by atoms with Crippen LogP contribution in [0.2, 0.25) is 0 Å². The summed E-state index contributed by atoms with van der Waals surface area (Å²) in [5.41, 5.74) is 1.22. The summed E-state index contributed by atoms with van der Waals surface area (Å²) < 4.78 is 19.0. The second kappa shape index (κ2) is 9.25. The normalized spacial score (nSPS) is 15.7. The second-order valence-electron chi connectivity index (χ2n) is 8.02. The number of carbonyl (C=O) groups is 1. The van der Waals surface area contributed by atoms with E-state index in [2.05, 4.69) is 9.97 Å². The summed E-state index contributed by atoms with van der Waals surface area (Å²) in [6.07, 6.45) is 1.81. The maximum atomic E-state index is 13.5. The average Bonchev–Trinajstić information content (AvgIpc) is 3.51. The Kier molecular flexibility index (Phi) is 6.02. The molecule has 5 rings (SSSR count). The van der Waals surface area contributed by atoms with E-state index in [-0.39, 0.29) is 29.9 Å². The molecule has 33 heavy (non-hydrogen) atoms. The van der Waals surface area contributed by atoms with Crippen molar-refractivity contribution in [3.8, 4) is 10.4 Å². The number of rotatable bonds is 6. The van der Waals surface area contributed by atoms with Crippen molar-refractivity contribution < 1.29 is 13.9 Å². The molecule has 1 aliphatic heterocycles. The van der Waals surface area contributed by atoms with E-state index in [4.69, 9.17) is 4.74 Å². The molecule has 0 saturated carbocycles. The Morgan fingerprint density at radius 1 is 1.15 bits per heavy atom. The van der Waals surface area contributed by atoms with Crippen molar-refractivity contribution in [2.24, 2.45) is 0 Å². The predicted molar refractivity (Wildman–Crippen MR) is 126 cm³/mol. The Balaban J connectivity index is 1.43. The Bertz CT molecular complexity index is 1340. The van der Waals surface area contributed by atoms with Gasteiger partial charge in [-0.3, -0.25) is 9.59 Å². The van der Waals surface area contributed by atoms with Gasteiger partial charge >= 0.3 is 0 Å². The van der Waals surface area contributed by atoms with E-state index in [1.165, 1.54) is 23.5 Å². The SMILES string of the molecule is O=C(c1ccc(-c2ccc(F)cc2)s1)N(Cc1nc2ccccc2c(=O)[nH]1)C[C@@H]1CCCO1. The maximum Gasteiger partial charge on any atom is 0.264 e. The van der Waals surface area contributed by atoms with E-state index in [0.29, 0.717) is 34.8 Å². The van der Waals surface area contributed by atoms with Gasteiger partial charge in [-0.2, -0.15) is 0 Å². The van der Waals surface area contributed by atoms with E-state index in [1.54, 1.807) is 41.3 Å². The monoisotopic (exact) mass is 463 g/mol. The van der Waals surface area contributed by atoms with Crippen LogP contribution in [0.25, 0.3) is 21.3 Å².